The van der Waals surface area contributed by atoms with Gasteiger partial charge in [0.1, 0.15) is 5.82 Å². The van der Waals surface area contributed by atoms with E-state index in [4.69, 9.17) is 9.05 Å². The molecule has 0 spiro atoms. The van der Waals surface area contributed by atoms with Gasteiger partial charge in [0.25, 0.3) is 17.7 Å². The molecular formula is C48H51F6N10O4+. The number of aryl methyl sites for hydroxylation is 4. The molecule has 14 nitrogen and oxygen atoms in total. The number of hydrogen-bond donors (Lipinski definition) is 2. The van der Waals surface area contributed by atoms with E-state index in [2.05, 4.69) is 42.6 Å². The van der Waals surface area contributed by atoms with Crippen molar-refractivity contribution < 1.29 is 49.7 Å². The first-order chi connectivity index (χ1) is 32.3. The second-order valence-corrected chi connectivity index (χ2v) is 17.8. The Hall–Kier alpha value is -6.86. The van der Waals surface area contributed by atoms with E-state index in [9.17, 15) is 35.9 Å². The summed E-state index contributed by atoms with van der Waals surface area (Å²) in [6.07, 6.45) is -4.87. The fraction of sp³-hybridized carbons (Fsp3) is 0.417. The van der Waals surface area contributed by atoms with Crippen molar-refractivity contribution in [3.8, 4) is 22.8 Å². The number of carbonyl (C=O) groups excluding carboxylic acids is 2. The number of likely N-dealkylation sites (tertiary alicyclic amines) is 2. The smallest absolute Gasteiger partial charge is 0.368 e. The maximum atomic E-state index is 14.8. The Morgan fingerprint density at radius 1 is 0.735 bits per heavy atom. The Bertz CT molecular complexity index is 2770. The second kappa shape index (κ2) is 19.0. The van der Waals surface area contributed by atoms with Gasteiger partial charge in [0.15, 0.2) is 5.82 Å². The number of aromatic nitrogens is 6. The number of nitrogens with one attached hydrogen (secondary N) is 2. The molecule has 20 heteroatoms. The number of rotatable bonds is 11. The SMILES string of the molecule is Cc1ccc(-c2cc(C)[n+](C3CCN(C(=O)c4cc(C)ccc4-c4nc(C)no4)C(CNc4ncc(C(F)(F)F)cn4)C3C)o2)c(C(=O)N2CCCC(C)C2CNc2ccc(C(F)(F)F)cn2)c1. The molecule has 5 atom stereocenters. The van der Waals surface area contributed by atoms with Crippen molar-refractivity contribution in [2.45, 2.75) is 91.3 Å². The van der Waals surface area contributed by atoms with Gasteiger partial charge in [0.2, 0.25) is 23.4 Å². The monoisotopic (exact) mass is 945 g/mol. The number of carbonyl (C=O) groups is 2. The van der Waals surface area contributed by atoms with Gasteiger partial charge in [-0.15, -0.1) is 0 Å². The Balaban J connectivity index is 1.08. The summed E-state index contributed by atoms with van der Waals surface area (Å²) in [5, 5.41) is 10.1. The second-order valence-electron chi connectivity index (χ2n) is 17.8. The van der Waals surface area contributed by atoms with Crippen molar-refractivity contribution in [2.75, 3.05) is 36.8 Å². The average Bonchev–Trinajstić information content (AvgIpc) is 3.91. The fourth-order valence-electron chi connectivity index (χ4n) is 9.27. The van der Waals surface area contributed by atoms with Gasteiger partial charge in [-0.05, 0) is 80.7 Å². The summed E-state index contributed by atoms with van der Waals surface area (Å²) in [6.45, 7) is 12.4. The van der Waals surface area contributed by atoms with Gasteiger partial charge in [-0.2, -0.15) is 31.3 Å². The number of nitrogens with zero attached hydrogens (tertiary/aromatic N) is 8. The number of halogens is 6. The van der Waals surface area contributed by atoms with E-state index in [-0.39, 0.29) is 73.0 Å². The molecule has 5 unspecified atom stereocenters. The quantitative estimate of drug-likeness (QED) is 0.0942. The van der Waals surface area contributed by atoms with E-state index in [0.29, 0.717) is 59.2 Å². The molecule has 2 amide bonds. The number of pyridine rings is 1. The summed E-state index contributed by atoms with van der Waals surface area (Å²) < 4.78 is 93.7. The molecule has 2 N–H and O–H groups in total. The van der Waals surface area contributed by atoms with Gasteiger partial charge in [0, 0.05) is 69.6 Å². The number of benzene rings is 2. The van der Waals surface area contributed by atoms with Gasteiger partial charge < -0.3 is 25.0 Å². The highest BCUT2D eigenvalue weighted by Gasteiger charge is 2.46. The first-order valence-corrected chi connectivity index (χ1v) is 22.3. The van der Waals surface area contributed by atoms with E-state index < -0.39 is 29.5 Å². The molecule has 2 saturated heterocycles. The van der Waals surface area contributed by atoms with Crippen LogP contribution in [-0.4, -0.2) is 85.0 Å². The van der Waals surface area contributed by atoms with Crippen molar-refractivity contribution in [3.63, 3.8) is 0 Å². The summed E-state index contributed by atoms with van der Waals surface area (Å²) in [7, 11) is 0. The summed E-state index contributed by atoms with van der Waals surface area (Å²) in [4.78, 5) is 49.3. The van der Waals surface area contributed by atoms with Crippen molar-refractivity contribution in [2.24, 2.45) is 11.8 Å². The minimum Gasteiger partial charge on any atom is -0.368 e. The zero-order valence-corrected chi connectivity index (χ0v) is 38.2. The average molecular weight is 946 g/mol. The number of piperidine rings is 2. The standard InChI is InChI=1S/C48H51F6N10O4/c1-26-9-12-34(36(18-26)44(65)62-16-7-8-28(3)39(62)24-56-42-14-11-32(21-55-42)47(49,50)51)41-20-29(4)64(68-41)38-15-17-63(40(30(38)5)25-59-46-57-22-33(23-58-46)48(52,53)54)45(66)37-19-27(2)10-13-35(37)43-60-31(6)61-67-43/h9-14,18-23,28,30,38-40H,7-8,15-17,24-25H2,1-6H3,(H,55,56)(H,57,58,59)/q+1. The molecule has 8 rings (SSSR count). The van der Waals surface area contributed by atoms with Crippen molar-refractivity contribution in [3.05, 3.63) is 118 Å². The topological polar surface area (TPSA) is 159 Å². The third-order valence-corrected chi connectivity index (χ3v) is 13.0. The summed E-state index contributed by atoms with van der Waals surface area (Å²) in [5.41, 5.74) is 2.37. The van der Waals surface area contributed by atoms with Gasteiger partial charge in [-0.1, -0.05) is 42.3 Å². The van der Waals surface area contributed by atoms with E-state index in [0.717, 1.165) is 41.9 Å². The van der Waals surface area contributed by atoms with Crippen LogP contribution in [0.25, 0.3) is 22.8 Å². The lowest BCUT2D eigenvalue weighted by atomic mass is 9.85. The lowest BCUT2D eigenvalue weighted by Crippen LogP contribution is -2.59. The van der Waals surface area contributed by atoms with E-state index in [1.54, 1.807) is 28.7 Å². The molecule has 2 aliphatic rings. The van der Waals surface area contributed by atoms with Gasteiger partial charge >= 0.3 is 12.4 Å². The maximum absolute atomic E-state index is 14.8. The number of anilines is 2. The minimum atomic E-state index is -4.62. The summed E-state index contributed by atoms with van der Waals surface area (Å²) in [6, 6.07) is 13.9. The molecule has 2 aromatic carbocycles. The highest BCUT2D eigenvalue weighted by atomic mass is 19.4. The number of amides is 2. The number of hydrogen-bond acceptors (Lipinski definition) is 11. The van der Waals surface area contributed by atoms with Crippen LogP contribution >= 0.6 is 0 Å². The molecule has 358 valence electrons. The predicted octanol–water partition coefficient (Wildman–Crippen LogP) is 9.30. The van der Waals surface area contributed by atoms with Crippen LogP contribution in [-0.2, 0) is 12.4 Å². The molecule has 2 fully saturated rings. The molecular weight excluding hydrogens is 895 g/mol. The molecule has 0 aliphatic carbocycles. The molecule has 0 bridgehead atoms. The Morgan fingerprint density at radius 3 is 1.97 bits per heavy atom. The third-order valence-electron chi connectivity index (χ3n) is 13.0. The molecule has 68 heavy (non-hydrogen) atoms. The van der Waals surface area contributed by atoms with Crippen LogP contribution in [0.2, 0.25) is 0 Å². The summed E-state index contributed by atoms with van der Waals surface area (Å²) in [5.74, 6) is 0.451. The predicted molar refractivity (Wildman–Crippen MR) is 237 cm³/mol. The lowest BCUT2D eigenvalue weighted by molar-refractivity contribution is -0.891. The van der Waals surface area contributed by atoms with Crippen LogP contribution < -0.4 is 15.4 Å². The van der Waals surface area contributed by atoms with E-state index in [1.807, 2.05) is 62.9 Å². The summed E-state index contributed by atoms with van der Waals surface area (Å²) >= 11 is 0. The van der Waals surface area contributed by atoms with Gasteiger partial charge in [-0.25, -0.2) is 19.5 Å². The Labute approximate surface area is 388 Å². The van der Waals surface area contributed by atoms with Crippen LogP contribution in [0.5, 0.6) is 0 Å². The van der Waals surface area contributed by atoms with Crippen LogP contribution in [0.1, 0.15) is 93.6 Å². The Morgan fingerprint density at radius 2 is 1.35 bits per heavy atom. The van der Waals surface area contributed by atoms with E-state index >= 15 is 0 Å². The molecule has 6 aromatic rings. The number of alkyl halides is 6. The lowest BCUT2D eigenvalue weighted by Gasteiger charge is -2.41. The molecule has 0 saturated carbocycles. The van der Waals surface area contributed by atoms with Crippen molar-refractivity contribution in [1.29, 1.82) is 0 Å². The van der Waals surface area contributed by atoms with Gasteiger partial charge in [0.05, 0.1) is 46.0 Å². The third kappa shape index (κ3) is 10.0. The maximum Gasteiger partial charge on any atom is 0.419 e. The van der Waals surface area contributed by atoms with E-state index in [1.165, 1.54) is 6.07 Å². The van der Waals surface area contributed by atoms with Gasteiger partial charge in [-0.3, -0.25) is 9.59 Å². The van der Waals surface area contributed by atoms with Crippen LogP contribution in [0, 0.1) is 39.5 Å². The first-order valence-electron chi connectivity index (χ1n) is 22.3. The van der Waals surface area contributed by atoms with Crippen molar-refractivity contribution in [1.82, 2.24) is 34.9 Å². The van der Waals surface area contributed by atoms with Crippen molar-refractivity contribution >= 4 is 23.6 Å². The Kier molecular flexibility index (Phi) is 13.3. The van der Waals surface area contributed by atoms with Crippen LogP contribution in [0.15, 0.2) is 82.2 Å². The zero-order valence-electron chi connectivity index (χ0n) is 38.2. The highest BCUT2D eigenvalue weighted by Crippen LogP contribution is 2.37. The highest BCUT2D eigenvalue weighted by molar-refractivity contribution is 6.01. The fourth-order valence-corrected chi connectivity index (χ4v) is 9.27. The molecule has 6 heterocycles. The van der Waals surface area contributed by atoms with Crippen LogP contribution in [0.3, 0.4) is 0 Å². The zero-order chi connectivity index (χ0) is 48.7. The molecule has 2 aliphatic heterocycles. The minimum absolute atomic E-state index is 0.0460. The largest absolute Gasteiger partial charge is 0.419 e. The first kappa shape index (κ1) is 47.6. The normalized spacial score (nSPS) is 20.1. The van der Waals surface area contributed by atoms with Crippen LogP contribution in [0.4, 0.5) is 38.1 Å². The molecule has 0 radical (unpaired) electrons. The molecule has 4 aromatic heterocycles.